The van der Waals surface area contributed by atoms with E-state index in [1.807, 2.05) is 13.8 Å². The fourth-order valence-electron chi connectivity index (χ4n) is 1.20. The van der Waals surface area contributed by atoms with Crippen molar-refractivity contribution >= 4 is 17.5 Å². The van der Waals surface area contributed by atoms with Crippen LogP contribution in [0.5, 0.6) is 0 Å². The Labute approximate surface area is 88.3 Å². The lowest BCUT2D eigenvalue weighted by Gasteiger charge is -2.25. The molecule has 1 amide bonds. The number of rotatable bonds is 4. The molecule has 6 heteroatoms. The van der Waals surface area contributed by atoms with Gasteiger partial charge in [0, 0.05) is 6.04 Å². The second kappa shape index (κ2) is 4.59. The molecule has 15 heavy (non-hydrogen) atoms. The number of nitrogen functional groups attached to an aromatic ring is 1. The van der Waals surface area contributed by atoms with Crippen LogP contribution >= 0.6 is 0 Å². The summed E-state index contributed by atoms with van der Waals surface area (Å²) in [6.45, 7) is 3.98. The SMILES string of the molecule is CC(C)N(CC(N)=O)c1cncc(N)n1. The van der Waals surface area contributed by atoms with Crippen molar-refractivity contribution in [3.8, 4) is 0 Å². The summed E-state index contributed by atoms with van der Waals surface area (Å²) < 4.78 is 0. The van der Waals surface area contributed by atoms with E-state index >= 15 is 0 Å². The predicted octanol–water partition coefficient (Wildman–Crippen LogP) is -0.241. The average molecular weight is 209 g/mol. The van der Waals surface area contributed by atoms with Gasteiger partial charge < -0.3 is 16.4 Å². The minimum absolute atomic E-state index is 0.105. The van der Waals surface area contributed by atoms with Crippen LogP contribution in [0.1, 0.15) is 13.8 Å². The van der Waals surface area contributed by atoms with Crippen molar-refractivity contribution in [2.45, 2.75) is 19.9 Å². The Morgan fingerprint density at radius 2 is 2.20 bits per heavy atom. The van der Waals surface area contributed by atoms with E-state index in [9.17, 15) is 4.79 Å². The third kappa shape index (κ3) is 3.08. The quantitative estimate of drug-likeness (QED) is 0.713. The van der Waals surface area contributed by atoms with Crippen molar-refractivity contribution in [3.05, 3.63) is 12.4 Å². The summed E-state index contributed by atoms with van der Waals surface area (Å²) in [7, 11) is 0. The molecule has 0 saturated heterocycles. The van der Waals surface area contributed by atoms with Gasteiger partial charge in [-0.15, -0.1) is 0 Å². The van der Waals surface area contributed by atoms with Crippen LogP contribution in [0.3, 0.4) is 0 Å². The first-order valence-electron chi connectivity index (χ1n) is 4.63. The van der Waals surface area contributed by atoms with E-state index in [0.29, 0.717) is 11.6 Å². The molecule has 0 bridgehead atoms. The summed E-state index contributed by atoms with van der Waals surface area (Å²) in [6.07, 6.45) is 3.01. The number of anilines is 2. The average Bonchev–Trinajstić information content (AvgIpc) is 2.13. The molecule has 1 rings (SSSR count). The van der Waals surface area contributed by atoms with Crippen LogP contribution in [0.2, 0.25) is 0 Å². The van der Waals surface area contributed by atoms with Crippen molar-refractivity contribution in [2.75, 3.05) is 17.2 Å². The third-order valence-corrected chi connectivity index (χ3v) is 1.88. The molecule has 1 aromatic heterocycles. The Bertz CT molecular complexity index is 352. The van der Waals surface area contributed by atoms with Gasteiger partial charge in [-0.3, -0.25) is 9.78 Å². The Hall–Kier alpha value is -1.85. The number of nitrogens with zero attached hydrogens (tertiary/aromatic N) is 3. The summed E-state index contributed by atoms with van der Waals surface area (Å²) in [4.78, 5) is 20.6. The van der Waals surface area contributed by atoms with Gasteiger partial charge in [-0.1, -0.05) is 0 Å². The maximum Gasteiger partial charge on any atom is 0.237 e. The first-order valence-corrected chi connectivity index (χ1v) is 4.63. The lowest BCUT2D eigenvalue weighted by Crippen LogP contribution is -2.39. The van der Waals surface area contributed by atoms with Gasteiger partial charge in [0.1, 0.15) is 11.6 Å². The molecule has 0 unspecified atom stereocenters. The third-order valence-electron chi connectivity index (χ3n) is 1.88. The number of amides is 1. The number of hydrogen-bond donors (Lipinski definition) is 2. The standard InChI is InChI=1S/C9H15N5O/c1-6(2)14(5-8(11)15)9-4-12-3-7(10)13-9/h3-4,6H,5H2,1-2H3,(H2,10,13)(H2,11,15). The Kier molecular flexibility index (Phi) is 3.43. The summed E-state index contributed by atoms with van der Waals surface area (Å²) in [5.41, 5.74) is 10.7. The van der Waals surface area contributed by atoms with Crippen LogP contribution in [-0.2, 0) is 4.79 Å². The summed E-state index contributed by atoms with van der Waals surface area (Å²) >= 11 is 0. The molecule has 1 heterocycles. The summed E-state index contributed by atoms with van der Waals surface area (Å²) in [6, 6.07) is 0.105. The van der Waals surface area contributed by atoms with Gasteiger partial charge in [0.2, 0.25) is 5.91 Å². The Morgan fingerprint density at radius 3 is 2.67 bits per heavy atom. The molecule has 0 aromatic carbocycles. The van der Waals surface area contributed by atoms with E-state index in [2.05, 4.69) is 9.97 Å². The van der Waals surface area contributed by atoms with Crippen molar-refractivity contribution in [2.24, 2.45) is 5.73 Å². The van der Waals surface area contributed by atoms with Crippen LogP contribution in [0, 0.1) is 0 Å². The normalized spacial score (nSPS) is 10.3. The first-order chi connectivity index (χ1) is 7.00. The van der Waals surface area contributed by atoms with Crippen LogP contribution < -0.4 is 16.4 Å². The van der Waals surface area contributed by atoms with Crippen molar-refractivity contribution < 1.29 is 4.79 Å². The second-order valence-corrected chi connectivity index (χ2v) is 3.49. The first kappa shape index (κ1) is 11.2. The van der Waals surface area contributed by atoms with Crippen LogP contribution in [0.15, 0.2) is 12.4 Å². The highest BCUT2D eigenvalue weighted by Crippen LogP contribution is 2.13. The van der Waals surface area contributed by atoms with Crippen molar-refractivity contribution in [1.82, 2.24) is 9.97 Å². The number of aromatic nitrogens is 2. The van der Waals surface area contributed by atoms with Gasteiger partial charge in [0.25, 0.3) is 0 Å². The molecule has 0 fully saturated rings. The van der Waals surface area contributed by atoms with Crippen LogP contribution in [0.25, 0.3) is 0 Å². The molecule has 0 spiro atoms. The Morgan fingerprint density at radius 1 is 1.53 bits per heavy atom. The minimum atomic E-state index is -0.409. The van der Waals surface area contributed by atoms with Gasteiger partial charge in [-0.2, -0.15) is 0 Å². The highest BCUT2D eigenvalue weighted by atomic mass is 16.1. The fourth-order valence-corrected chi connectivity index (χ4v) is 1.20. The zero-order valence-electron chi connectivity index (χ0n) is 8.84. The number of nitrogens with two attached hydrogens (primary N) is 2. The molecule has 0 aliphatic rings. The molecule has 0 saturated carbocycles. The van der Waals surface area contributed by atoms with Gasteiger partial charge in [0.15, 0.2) is 0 Å². The highest BCUT2D eigenvalue weighted by Gasteiger charge is 2.14. The fraction of sp³-hybridized carbons (Fsp3) is 0.444. The summed E-state index contributed by atoms with van der Waals surface area (Å²) in [5, 5.41) is 0. The number of carbonyl (C=O) groups is 1. The van der Waals surface area contributed by atoms with Gasteiger partial charge in [0.05, 0.1) is 18.9 Å². The largest absolute Gasteiger partial charge is 0.382 e. The zero-order chi connectivity index (χ0) is 11.4. The molecule has 82 valence electrons. The maximum absolute atomic E-state index is 10.9. The van der Waals surface area contributed by atoms with E-state index in [-0.39, 0.29) is 12.6 Å². The van der Waals surface area contributed by atoms with Gasteiger partial charge in [-0.25, -0.2) is 4.98 Å². The van der Waals surface area contributed by atoms with Crippen LogP contribution in [-0.4, -0.2) is 28.5 Å². The zero-order valence-corrected chi connectivity index (χ0v) is 8.84. The van der Waals surface area contributed by atoms with Crippen LogP contribution in [0.4, 0.5) is 11.6 Å². The minimum Gasteiger partial charge on any atom is -0.382 e. The molecule has 4 N–H and O–H groups in total. The number of hydrogen-bond acceptors (Lipinski definition) is 5. The van der Waals surface area contributed by atoms with Gasteiger partial charge in [-0.05, 0) is 13.8 Å². The maximum atomic E-state index is 10.9. The lowest BCUT2D eigenvalue weighted by atomic mass is 10.3. The van der Waals surface area contributed by atoms with Crippen molar-refractivity contribution in [3.63, 3.8) is 0 Å². The molecule has 0 atom stereocenters. The number of carbonyl (C=O) groups excluding carboxylic acids is 1. The molecule has 0 aliphatic heterocycles. The Balaban J connectivity index is 2.93. The molecular formula is C9H15N5O. The van der Waals surface area contributed by atoms with Gasteiger partial charge >= 0.3 is 0 Å². The van der Waals surface area contributed by atoms with E-state index in [4.69, 9.17) is 11.5 Å². The molecule has 0 radical (unpaired) electrons. The topological polar surface area (TPSA) is 98.1 Å². The highest BCUT2D eigenvalue weighted by molar-refractivity contribution is 5.79. The molecular weight excluding hydrogens is 194 g/mol. The van der Waals surface area contributed by atoms with Crippen molar-refractivity contribution in [1.29, 1.82) is 0 Å². The molecule has 0 aliphatic carbocycles. The summed E-state index contributed by atoms with van der Waals surface area (Å²) in [5.74, 6) is 0.472. The molecule has 6 nitrogen and oxygen atoms in total. The van der Waals surface area contributed by atoms with E-state index in [1.54, 1.807) is 11.1 Å². The smallest absolute Gasteiger partial charge is 0.237 e. The monoisotopic (exact) mass is 209 g/mol. The second-order valence-electron chi connectivity index (χ2n) is 3.49. The van der Waals surface area contributed by atoms with E-state index < -0.39 is 5.91 Å². The number of primary amides is 1. The lowest BCUT2D eigenvalue weighted by molar-refractivity contribution is -0.116. The predicted molar refractivity (Wildman–Crippen MR) is 58.1 cm³/mol. The van der Waals surface area contributed by atoms with E-state index in [0.717, 1.165) is 0 Å². The van der Waals surface area contributed by atoms with E-state index in [1.165, 1.54) is 6.20 Å². The molecule has 1 aromatic rings.